The van der Waals surface area contributed by atoms with E-state index in [4.69, 9.17) is 0 Å². The molecule has 0 spiro atoms. The molecule has 0 radical (unpaired) electrons. The van der Waals surface area contributed by atoms with Crippen molar-refractivity contribution in [2.75, 3.05) is 23.7 Å². The predicted octanol–water partition coefficient (Wildman–Crippen LogP) is 2.03. The van der Waals surface area contributed by atoms with E-state index in [1.165, 1.54) is 13.0 Å². The number of carbonyl (C=O) groups is 1. The molecule has 0 atom stereocenters. The van der Waals surface area contributed by atoms with E-state index in [0.717, 1.165) is 18.4 Å². The van der Waals surface area contributed by atoms with Crippen LogP contribution in [0.2, 0.25) is 0 Å². The van der Waals surface area contributed by atoms with Gasteiger partial charge in [0.25, 0.3) is 0 Å². The highest BCUT2D eigenvalue weighted by Gasteiger charge is 2.32. The molecule has 1 aromatic carbocycles. The summed E-state index contributed by atoms with van der Waals surface area (Å²) in [6, 6.07) is 3.73. The lowest BCUT2D eigenvalue weighted by molar-refractivity contribution is -0.141. The van der Waals surface area contributed by atoms with Crippen molar-refractivity contribution in [3.05, 3.63) is 29.8 Å². The molecule has 0 saturated heterocycles. The van der Waals surface area contributed by atoms with Crippen molar-refractivity contribution in [2.24, 2.45) is 0 Å². The van der Waals surface area contributed by atoms with E-state index in [0.29, 0.717) is 10.4 Å². The second-order valence-corrected chi connectivity index (χ2v) is 6.03. The lowest BCUT2D eigenvalue weighted by Gasteiger charge is -2.22. The number of halogens is 3. The standard InChI is InChI=1S/C12H14F3NO4S/c1-3-20-11(17)8-16(21(2,18)19)10-6-4-5-9(7-10)12(13,14)15/h4-7H,3,8H2,1-2H3. The van der Waals surface area contributed by atoms with Crippen LogP contribution in [0, 0.1) is 0 Å². The van der Waals surface area contributed by atoms with Gasteiger partial charge in [-0.15, -0.1) is 0 Å². The summed E-state index contributed by atoms with van der Waals surface area (Å²) in [6.45, 7) is 0.889. The number of hydrogen-bond donors (Lipinski definition) is 0. The fraction of sp³-hybridized carbons (Fsp3) is 0.417. The van der Waals surface area contributed by atoms with E-state index in [9.17, 15) is 26.4 Å². The van der Waals surface area contributed by atoms with Crippen LogP contribution < -0.4 is 4.31 Å². The normalized spacial score (nSPS) is 12.0. The molecule has 118 valence electrons. The molecule has 1 aromatic rings. The molecule has 9 heteroatoms. The number of anilines is 1. The molecule has 0 aliphatic carbocycles. The highest BCUT2D eigenvalue weighted by molar-refractivity contribution is 7.92. The largest absolute Gasteiger partial charge is 0.465 e. The fourth-order valence-corrected chi connectivity index (χ4v) is 2.40. The van der Waals surface area contributed by atoms with Gasteiger partial charge < -0.3 is 4.74 Å². The first-order valence-corrected chi connectivity index (χ1v) is 7.71. The van der Waals surface area contributed by atoms with Crippen molar-refractivity contribution < 1.29 is 31.1 Å². The number of sulfonamides is 1. The average Bonchev–Trinajstić information content (AvgIpc) is 2.34. The number of esters is 1. The molecule has 1 rings (SSSR count). The highest BCUT2D eigenvalue weighted by Crippen LogP contribution is 2.32. The van der Waals surface area contributed by atoms with E-state index in [-0.39, 0.29) is 12.3 Å². The Morgan fingerprint density at radius 3 is 2.43 bits per heavy atom. The Balaban J connectivity index is 3.19. The number of rotatable bonds is 5. The first-order valence-electron chi connectivity index (χ1n) is 5.86. The molecule has 21 heavy (non-hydrogen) atoms. The molecule has 0 aromatic heterocycles. The predicted molar refractivity (Wildman–Crippen MR) is 70.3 cm³/mol. The summed E-state index contributed by atoms with van der Waals surface area (Å²) < 4.78 is 66.5. The smallest absolute Gasteiger partial charge is 0.416 e. The number of carbonyl (C=O) groups excluding carboxylic acids is 1. The third-order valence-corrected chi connectivity index (χ3v) is 3.58. The number of alkyl halides is 3. The van der Waals surface area contributed by atoms with Crippen molar-refractivity contribution in [3.63, 3.8) is 0 Å². The number of hydrogen-bond acceptors (Lipinski definition) is 4. The van der Waals surface area contributed by atoms with Gasteiger partial charge in [0.1, 0.15) is 6.54 Å². The molecular formula is C12H14F3NO4S. The van der Waals surface area contributed by atoms with Gasteiger partial charge in [0.2, 0.25) is 10.0 Å². The molecule has 0 unspecified atom stereocenters. The van der Waals surface area contributed by atoms with Crippen molar-refractivity contribution in [1.29, 1.82) is 0 Å². The molecule has 0 saturated carbocycles. The second kappa shape index (κ2) is 6.33. The maximum Gasteiger partial charge on any atom is 0.416 e. The van der Waals surface area contributed by atoms with Gasteiger partial charge in [0.15, 0.2) is 0 Å². The summed E-state index contributed by atoms with van der Waals surface area (Å²) in [5, 5.41) is 0. The van der Waals surface area contributed by atoms with Crippen molar-refractivity contribution in [3.8, 4) is 0 Å². The van der Waals surface area contributed by atoms with Gasteiger partial charge in [-0.3, -0.25) is 9.10 Å². The Morgan fingerprint density at radius 1 is 1.33 bits per heavy atom. The molecule has 0 bridgehead atoms. The van der Waals surface area contributed by atoms with Gasteiger partial charge in [-0.05, 0) is 25.1 Å². The van der Waals surface area contributed by atoms with Crippen LogP contribution in [0.4, 0.5) is 18.9 Å². The summed E-state index contributed by atoms with van der Waals surface area (Å²) in [4.78, 5) is 11.4. The third kappa shape index (κ3) is 4.92. The van der Waals surface area contributed by atoms with Gasteiger partial charge in [0.05, 0.1) is 24.1 Å². The molecule has 0 aliphatic heterocycles. The monoisotopic (exact) mass is 325 g/mol. The number of ether oxygens (including phenoxy) is 1. The van der Waals surface area contributed by atoms with E-state index in [1.807, 2.05) is 0 Å². The second-order valence-electron chi connectivity index (χ2n) is 4.12. The molecule has 0 fully saturated rings. The minimum atomic E-state index is -4.61. The zero-order chi connectivity index (χ0) is 16.3. The van der Waals surface area contributed by atoms with Crippen molar-refractivity contribution in [2.45, 2.75) is 13.1 Å². The van der Waals surface area contributed by atoms with Crippen molar-refractivity contribution >= 4 is 21.7 Å². The molecular weight excluding hydrogens is 311 g/mol. The highest BCUT2D eigenvalue weighted by atomic mass is 32.2. The van der Waals surface area contributed by atoms with Crippen LogP contribution >= 0.6 is 0 Å². The number of nitrogens with zero attached hydrogens (tertiary/aromatic N) is 1. The van der Waals surface area contributed by atoms with Crippen LogP contribution in [0.25, 0.3) is 0 Å². The Labute approximate surface area is 120 Å². The summed E-state index contributed by atoms with van der Waals surface area (Å²) in [5.74, 6) is -0.847. The number of benzene rings is 1. The van der Waals surface area contributed by atoms with E-state index in [2.05, 4.69) is 4.74 Å². The Bertz CT molecular complexity index is 613. The Morgan fingerprint density at radius 2 is 1.95 bits per heavy atom. The minimum Gasteiger partial charge on any atom is -0.465 e. The van der Waals surface area contributed by atoms with Crippen LogP contribution in [0.15, 0.2) is 24.3 Å². The summed E-state index contributed by atoms with van der Waals surface area (Å²) in [6.07, 6.45) is -3.81. The quantitative estimate of drug-likeness (QED) is 0.777. The Kier molecular flexibility index (Phi) is 5.21. The summed E-state index contributed by atoms with van der Waals surface area (Å²) in [7, 11) is -3.93. The van der Waals surface area contributed by atoms with Crippen LogP contribution in [0.3, 0.4) is 0 Å². The maximum absolute atomic E-state index is 12.7. The molecule has 0 aliphatic rings. The zero-order valence-corrected chi connectivity index (χ0v) is 12.2. The van der Waals surface area contributed by atoms with E-state index >= 15 is 0 Å². The lowest BCUT2D eigenvalue weighted by atomic mass is 10.2. The van der Waals surface area contributed by atoms with Crippen LogP contribution in [0.5, 0.6) is 0 Å². The molecule has 0 N–H and O–H groups in total. The van der Waals surface area contributed by atoms with Crippen LogP contribution in [-0.4, -0.2) is 33.8 Å². The average molecular weight is 325 g/mol. The Hall–Kier alpha value is -1.77. The van der Waals surface area contributed by atoms with Gasteiger partial charge >= 0.3 is 12.1 Å². The first-order chi connectivity index (χ1) is 9.55. The summed E-state index contributed by atoms with van der Waals surface area (Å²) in [5.41, 5.74) is -1.25. The van der Waals surface area contributed by atoms with Gasteiger partial charge in [-0.2, -0.15) is 13.2 Å². The zero-order valence-electron chi connectivity index (χ0n) is 11.3. The van der Waals surface area contributed by atoms with Crippen LogP contribution in [0.1, 0.15) is 12.5 Å². The van der Waals surface area contributed by atoms with Gasteiger partial charge in [-0.25, -0.2) is 8.42 Å². The maximum atomic E-state index is 12.7. The SMILES string of the molecule is CCOC(=O)CN(c1cccc(C(F)(F)F)c1)S(C)(=O)=O. The molecule has 0 amide bonds. The molecule has 5 nitrogen and oxygen atoms in total. The lowest BCUT2D eigenvalue weighted by Crippen LogP contribution is -2.36. The van der Waals surface area contributed by atoms with E-state index < -0.39 is 34.3 Å². The topological polar surface area (TPSA) is 63.7 Å². The van der Waals surface area contributed by atoms with E-state index in [1.54, 1.807) is 0 Å². The van der Waals surface area contributed by atoms with Crippen LogP contribution in [-0.2, 0) is 25.7 Å². The minimum absolute atomic E-state index is 0.0407. The summed E-state index contributed by atoms with van der Waals surface area (Å²) >= 11 is 0. The fourth-order valence-electron chi connectivity index (χ4n) is 1.56. The third-order valence-electron chi connectivity index (χ3n) is 2.44. The molecule has 0 heterocycles. The first kappa shape index (κ1) is 17.3. The van der Waals surface area contributed by atoms with Gasteiger partial charge in [-0.1, -0.05) is 6.07 Å². The van der Waals surface area contributed by atoms with Crippen molar-refractivity contribution in [1.82, 2.24) is 0 Å². The van der Waals surface area contributed by atoms with Gasteiger partial charge in [0, 0.05) is 0 Å².